The molecule has 33 heavy (non-hydrogen) atoms. The van der Waals surface area contributed by atoms with Crippen molar-refractivity contribution < 1.29 is 9.21 Å². The maximum absolute atomic E-state index is 12.7. The van der Waals surface area contributed by atoms with Crippen LogP contribution >= 0.6 is 11.8 Å². The lowest BCUT2D eigenvalue weighted by Crippen LogP contribution is -2.35. The summed E-state index contributed by atoms with van der Waals surface area (Å²) in [6, 6.07) is 24.1. The van der Waals surface area contributed by atoms with Gasteiger partial charge in [0.25, 0.3) is 0 Å². The zero-order chi connectivity index (χ0) is 23.0. The smallest absolute Gasteiger partial charge is 0.230 e. The summed E-state index contributed by atoms with van der Waals surface area (Å²) in [5.41, 5.74) is 2.29. The van der Waals surface area contributed by atoms with E-state index in [0.717, 1.165) is 5.56 Å². The molecule has 2 heterocycles. The normalized spacial score (nSPS) is 12.1. The second-order valence-electron chi connectivity index (χ2n) is 7.84. The number of carbonyl (C=O) groups excluding carboxylic acids is 1. The first-order valence-corrected chi connectivity index (χ1v) is 11.7. The Kier molecular flexibility index (Phi) is 7.59. The van der Waals surface area contributed by atoms with Crippen LogP contribution in [-0.4, -0.2) is 52.0 Å². The molecule has 1 atom stereocenters. The highest BCUT2D eigenvalue weighted by Crippen LogP contribution is 2.25. The first-order chi connectivity index (χ1) is 16.1. The average Bonchev–Trinajstić information content (AvgIpc) is 3.49. The number of furan rings is 1. The van der Waals surface area contributed by atoms with Gasteiger partial charge in [0.1, 0.15) is 0 Å². The molecule has 2 aromatic heterocycles. The van der Waals surface area contributed by atoms with Gasteiger partial charge in [-0.1, -0.05) is 72.4 Å². The van der Waals surface area contributed by atoms with Crippen molar-refractivity contribution in [2.45, 2.75) is 17.7 Å². The van der Waals surface area contributed by atoms with E-state index in [1.807, 2.05) is 67.2 Å². The number of benzene rings is 2. The maximum Gasteiger partial charge on any atom is 0.230 e. The fourth-order valence-corrected chi connectivity index (χ4v) is 4.33. The summed E-state index contributed by atoms with van der Waals surface area (Å²) in [6.07, 6.45) is 1.62. The Morgan fingerprint density at radius 3 is 2.42 bits per heavy atom. The van der Waals surface area contributed by atoms with Crippen LogP contribution in [-0.2, 0) is 11.3 Å². The van der Waals surface area contributed by atoms with E-state index in [1.54, 1.807) is 6.26 Å². The van der Waals surface area contributed by atoms with E-state index in [0.29, 0.717) is 29.8 Å². The molecule has 0 fully saturated rings. The molecule has 0 saturated heterocycles. The molecule has 0 radical (unpaired) electrons. The number of rotatable bonds is 10. The van der Waals surface area contributed by atoms with Crippen LogP contribution in [0.1, 0.15) is 17.2 Å². The molecule has 7 nitrogen and oxygen atoms in total. The number of nitrogens with zero attached hydrogens (tertiary/aromatic N) is 4. The first-order valence-electron chi connectivity index (χ1n) is 10.7. The molecule has 0 bridgehead atoms. The lowest BCUT2D eigenvalue weighted by Gasteiger charge is -2.25. The van der Waals surface area contributed by atoms with Gasteiger partial charge in [-0.2, -0.15) is 0 Å². The summed E-state index contributed by atoms with van der Waals surface area (Å²) >= 11 is 1.37. The molecule has 0 aliphatic heterocycles. The minimum absolute atomic E-state index is 0.0448. The van der Waals surface area contributed by atoms with Crippen LogP contribution in [0.5, 0.6) is 0 Å². The molecule has 4 aromatic rings. The maximum atomic E-state index is 12.7. The van der Waals surface area contributed by atoms with Gasteiger partial charge < -0.3 is 14.6 Å². The Labute approximate surface area is 197 Å². The highest BCUT2D eigenvalue weighted by molar-refractivity contribution is 7.99. The molecule has 0 aliphatic rings. The van der Waals surface area contributed by atoms with Crippen molar-refractivity contribution in [2.75, 3.05) is 26.4 Å². The number of nitrogens with one attached hydrogen (secondary N) is 1. The van der Waals surface area contributed by atoms with Crippen molar-refractivity contribution in [2.24, 2.45) is 0 Å². The van der Waals surface area contributed by atoms with Gasteiger partial charge in [0.05, 0.1) is 24.6 Å². The molecule has 4 rings (SSSR count). The minimum atomic E-state index is -0.0448. The Morgan fingerprint density at radius 1 is 1.03 bits per heavy atom. The molecule has 0 spiro atoms. The van der Waals surface area contributed by atoms with Crippen molar-refractivity contribution in [1.82, 2.24) is 25.0 Å². The van der Waals surface area contributed by atoms with Gasteiger partial charge in [-0.25, -0.2) is 0 Å². The second kappa shape index (κ2) is 11.0. The molecule has 0 saturated carbocycles. The van der Waals surface area contributed by atoms with Gasteiger partial charge in [-0.15, -0.1) is 10.2 Å². The number of likely N-dealkylation sites (N-methyl/N-ethyl adjacent to an activating group) is 1. The van der Waals surface area contributed by atoms with Crippen molar-refractivity contribution >= 4 is 17.7 Å². The fourth-order valence-electron chi connectivity index (χ4n) is 3.56. The van der Waals surface area contributed by atoms with Gasteiger partial charge in [0.15, 0.2) is 10.9 Å². The number of thioether (sulfide) groups is 1. The molecule has 2 aromatic carbocycles. The largest absolute Gasteiger partial charge is 0.461 e. The van der Waals surface area contributed by atoms with Crippen molar-refractivity contribution in [3.63, 3.8) is 0 Å². The van der Waals surface area contributed by atoms with Crippen molar-refractivity contribution in [3.8, 4) is 11.6 Å². The van der Waals surface area contributed by atoms with Crippen LogP contribution in [0.4, 0.5) is 0 Å². The standard InChI is InChI=1S/C25H27N5O2S/c1-29(2)21(20-12-7-4-8-13-20)16-26-23(31)18-33-25-28-27-24(22-14-9-15-32-22)30(25)17-19-10-5-3-6-11-19/h3-15,21H,16-18H2,1-2H3,(H,26,31). The van der Waals surface area contributed by atoms with Crippen LogP contribution < -0.4 is 5.32 Å². The number of hydrogen-bond acceptors (Lipinski definition) is 6. The lowest BCUT2D eigenvalue weighted by atomic mass is 10.1. The highest BCUT2D eigenvalue weighted by atomic mass is 32.2. The monoisotopic (exact) mass is 461 g/mol. The number of aromatic nitrogens is 3. The van der Waals surface area contributed by atoms with Gasteiger partial charge >= 0.3 is 0 Å². The van der Waals surface area contributed by atoms with E-state index in [4.69, 9.17) is 4.42 Å². The summed E-state index contributed by atoms with van der Waals surface area (Å²) in [4.78, 5) is 14.8. The van der Waals surface area contributed by atoms with E-state index >= 15 is 0 Å². The molecule has 8 heteroatoms. The molecule has 1 unspecified atom stereocenters. The van der Waals surface area contributed by atoms with Crippen LogP contribution in [0.15, 0.2) is 88.6 Å². The van der Waals surface area contributed by atoms with Gasteiger partial charge in [0.2, 0.25) is 11.7 Å². The zero-order valence-electron chi connectivity index (χ0n) is 18.7. The third-order valence-corrected chi connectivity index (χ3v) is 6.24. The quantitative estimate of drug-likeness (QED) is 0.359. The third kappa shape index (κ3) is 5.91. The van der Waals surface area contributed by atoms with Gasteiger partial charge in [-0.05, 0) is 37.4 Å². The van der Waals surface area contributed by atoms with Crippen LogP contribution in [0.25, 0.3) is 11.6 Å². The molecular formula is C25H27N5O2S. The predicted molar refractivity (Wildman–Crippen MR) is 130 cm³/mol. The van der Waals surface area contributed by atoms with Crippen molar-refractivity contribution in [1.29, 1.82) is 0 Å². The van der Waals surface area contributed by atoms with E-state index < -0.39 is 0 Å². The SMILES string of the molecule is CN(C)C(CNC(=O)CSc1nnc(-c2ccco2)n1Cc1ccccc1)c1ccccc1. The molecule has 170 valence electrons. The highest BCUT2D eigenvalue weighted by Gasteiger charge is 2.19. The third-order valence-electron chi connectivity index (χ3n) is 5.27. The summed E-state index contributed by atoms with van der Waals surface area (Å²) in [5, 5.41) is 12.4. The Morgan fingerprint density at radius 2 is 1.76 bits per heavy atom. The van der Waals surface area contributed by atoms with Crippen molar-refractivity contribution in [3.05, 3.63) is 90.2 Å². The summed E-state index contributed by atoms with van der Waals surface area (Å²) < 4.78 is 7.53. The minimum Gasteiger partial charge on any atom is -0.461 e. The number of amides is 1. The molecule has 1 N–H and O–H groups in total. The van der Waals surface area contributed by atoms with Crippen LogP contribution in [0.3, 0.4) is 0 Å². The van der Waals surface area contributed by atoms with Gasteiger partial charge in [-0.3, -0.25) is 9.36 Å². The lowest BCUT2D eigenvalue weighted by molar-refractivity contribution is -0.118. The first kappa shape index (κ1) is 22.8. The zero-order valence-corrected chi connectivity index (χ0v) is 19.5. The summed E-state index contributed by atoms with van der Waals surface area (Å²) in [6.45, 7) is 1.12. The number of carbonyl (C=O) groups is 1. The Hall–Kier alpha value is -3.36. The average molecular weight is 462 g/mol. The Balaban J connectivity index is 1.43. The van der Waals surface area contributed by atoms with Crippen LogP contribution in [0.2, 0.25) is 0 Å². The second-order valence-corrected chi connectivity index (χ2v) is 8.78. The molecular weight excluding hydrogens is 434 g/mol. The summed E-state index contributed by atoms with van der Waals surface area (Å²) in [5.74, 6) is 1.49. The van der Waals surface area contributed by atoms with E-state index in [-0.39, 0.29) is 17.7 Å². The predicted octanol–water partition coefficient (Wildman–Crippen LogP) is 4.10. The van der Waals surface area contributed by atoms with E-state index in [1.165, 1.54) is 17.3 Å². The molecule has 0 aliphatic carbocycles. The summed E-state index contributed by atoms with van der Waals surface area (Å²) in [7, 11) is 4.03. The van der Waals surface area contributed by atoms with Gasteiger partial charge in [0, 0.05) is 6.54 Å². The van der Waals surface area contributed by atoms with E-state index in [2.05, 4.69) is 44.7 Å². The Bertz CT molecular complexity index is 1140. The van der Waals surface area contributed by atoms with Crippen LogP contribution in [0, 0.1) is 0 Å². The van der Waals surface area contributed by atoms with E-state index in [9.17, 15) is 4.79 Å². The molecule has 1 amide bonds. The topological polar surface area (TPSA) is 76.2 Å². The number of hydrogen-bond donors (Lipinski definition) is 1. The fraction of sp³-hybridized carbons (Fsp3) is 0.240.